The summed E-state index contributed by atoms with van der Waals surface area (Å²) in [7, 11) is 0. The maximum Gasteiger partial charge on any atom is 0.263 e. The molecule has 0 bridgehead atoms. The molecule has 0 spiro atoms. The van der Waals surface area contributed by atoms with Gasteiger partial charge in [0, 0.05) is 38.9 Å². The zero-order chi connectivity index (χ0) is 25.8. The number of piperazine rings is 1. The molecule has 0 radical (unpaired) electrons. The molecule has 9 nitrogen and oxygen atoms in total. The van der Waals surface area contributed by atoms with E-state index in [0.717, 1.165) is 57.5 Å². The van der Waals surface area contributed by atoms with Crippen molar-refractivity contribution in [3.8, 4) is 0 Å². The van der Waals surface area contributed by atoms with Crippen LogP contribution in [0.25, 0.3) is 0 Å². The maximum absolute atomic E-state index is 15.4. The molecule has 0 aromatic carbocycles. The van der Waals surface area contributed by atoms with Gasteiger partial charge in [0.1, 0.15) is 17.6 Å². The fourth-order valence-corrected chi connectivity index (χ4v) is 6.40. The van der Waals surface area contributed by atoms with Crippen LogP contribution in [0.5, 0.6) is 0 Å². The zero-order valence-electron chi connectivity index (χ0n) is 21.3. The van der Waals surface area contributed by atoms with Gasteiger partial charge in [-0.3, -0.25) is 9.78 Å². The lowest BCUT2D eigenvalue weighted by molar-refractivity contribution is 0.102. The van der Waals surface area contributed by atoms with Crippen LogP contribution in [0.3, 0.4) is 0 Å². The predicted octanol–water partition coefficient (Wildman–Crippen LogP) is 4.62. The lowest BCUT2D eigenvalue weighted by atomic mass is 9.84. The molecule has 2 aliphatic heterocycles. The average molecular weight is 533 g/mol. The first-order valence-electron chi connectivity index (χ1n) is 13.7. The lowest BCUT2D eigenvalue weighted by Crippen LogP contribution is -2.44. The highest BCUT2D eigenvalue weighted by molar-refractivity contribution is 6.34. The van der Waals surface area contributed by atoms with Gasteiger partial charge < -0.3 is 26.6 Å². The van der Waals surface area contributed by atoms with Gasteiger partial charge in [0.05, 0.1) is 28.6 Å². The van der Waals surface area contributed by atoms with E-state index in [0.29, 0.717) is 16.5 Å². The van der Waals surface area contributed by atoms with Crippen molar-refractivity contribution in [2.24, 2.45) is 5.92 Å². The largest absolute Gasteiger partial charge is 0.381 e. The molecular formula is C26H38ClFN8O. The molecule has 1 amide bonds. The Balaban J connectivity index is 1.41. The highest BCUT2D eigenvalue weighted by atomic mass is 35.5. The van der Waals surface area contributed by atoms with Crippen molar-refractivity contribution in [2.45, 2.75) is 70.0 Å². The summed E-state index contributed by atoms with van der Waals surface area (Å²) in [5.41, 5.74) is 7.80. The quantitative estimate of drug-likeness (QED) is 0.454. The summed E-state index contributed by atoms with van der Waals surface area (Å²) in [6, 6.07) is -0.427. The molecule has 11 heteroatoms. The molecule has 2 atom stereocenters. The lowest BCUT2D eigenvalue weighted by Gasteiger charge is -2.35. The zero-order valence-corrected chi connectivity index (χ0v) is 22.1. The Labute approximate surface area is 222 Å². The molecule has 37 heavy (non-hydrogen) atoms. The third-order valence-corrected chi connectivity index (χ3v) is 8.25. The van der Waals surface area contributed by atoms with Crippen LogP contribution in [0.1, 0.15) is 74.2 Å². The minimum atomic E-state index is -1.09. The Hall–Kier alpha value is -2.59. The number of hydrogen-bond acceptors (Lipinski definition) is 7. The molecule has 1 aliphatic carbocycles. The number of hydrogen-bond donors (Lipinski definition) is 4. The molecule has 5 N–H and O–H groups in total. The maximum atomic E-state index is 15.4. The molecule has 2 aromatic rings. The van der Waals surface area contributed by atoms with Crippen LogP contribution in [0.15, 0.2) is 12.4 Å². The number of pyridine rings is 1. The number of rotatable bonds is 4. The number of nitrogens with one attached hydrogen (secondary N) is 3. The number of anilines is 4. The number of nitrogens with zero attached hydrogens (tertiary/aromatic N) is 4. The Morgan fingerprint density at radius 3 is 2.46 bits per heavy atom. The van der Waals surface area contributed by atoms with Gasteiger partial charge in [0.15, 0.2) is 5.82 Å². The van der Waals surface area contributed by atoms with Crippen LogP contribution in [0, 0.1) is 5.92 Å². The number of aromatic nitrogens is 3. The van der Waals surface area contributed by atoms with Crippen molar-refractivity contribution in [3.05, 3.63) is 23.0 Å². The number of alkyl halides is 1. The first-order chi connectivity index (χ1) is 18.0. The number of fused-ring (bicyclic) bond motifs is 1. The van der Waals surface area contributed by atoms with Crippen LogP contribution >= 0.6 is 11.6 Å². The van der Waals surface area contributed by atoms with Gasteiger partial charge >= 0.3 is 0 Å². The molecule has 2 unspecified atom stereocenters. The van der Waals surface area contributed by atoms with Gasteiger partial charge in [-0.2, -0.15) is 5.10 Å². The van der Waals surface area contributed by atoms with Crippen LogP contribution in [0.4, 0.5) is 27.4 Å². The van der Waals surface area contributed by atoms with Gasteiger partial charge in [-0.15, -0.1) is 0 Å². The summed E-state index contributed by atoms with van der Waals surface area (Å²) in [4.78, 5) is 19.9. The normalized spacial score (nSPS) is 23.7. The molecule has 1 saturated carbocycles. The molecule has 2 fully saturated rings. The van der Waals surface area contributed by atoms with Crippen molar-refractivity contribution in [3.63, 3.8) is 0 Å². The number of carbonyl (C=O) groups is 1. The Kier molecular flexibility index (Phi) is 8.34. The molecule has 1 saturated heterocycles. The van der Waals surface area contributed by atoms with Gasteiger partial charge in [-0.25, -0.2) is 9.07 Å². The van der Waals surface area contributed by atoms with Crippen molar-refractivity contribution >= 4 is 40.5 Å². The van der Waals surface area contributed by atoms with E-state index in [2.05, 4.69) is 30.9 Å². The van der Waals surface area contributed by atoms with Crippen LogP contribution in [-0.4, -0.2) is 59.6 Å². The fraction of sp³-hybridized carbons (Fsp3) is 0.654. The van der Waals surface area contributed by atoms with Gasteiger partial charge in [0.2, 0.25) is 0 Å². The van der Waals surface area contributed by atoms with E-state index < -0.39 is 18.1 Å². The van der Waals surface area contributed by atoms with Gasteiger partial charge in [0.25, 0.3) is 5.91 Å². The fourth-order valence-electron chi connectivity index (χ4n) is 6.12. The summed E-state index contributed by atoms with van der Waals surface area (Å²) in [5.74, 6) is 0.344. The minimum Gasteiger partial charge on any atom is -0.381 e. The summed E-state index contributed by atoms with van der Waals surface area (Å²) < 4.78 is 17.1. The summed E-state index contributed by atoms with van der Waals surface area (Å²) >= 11 is 6.51. The number of halogens is 2. The van der Waals surface area contributed by atoms with Crippen LogP contribution in [0.2, 0.25) is 5.02 Å². The van der Waals surface area contributed by atoms with E-state index in [4.69, 9.17) is 17.3 Å². The van der Waals surface area contributed by atoms with E-state index in [1.54, 1.807) is 17.1 Å². The van der Waals surface area contributed by atoms with Crippen LogP contribution < -0.4 is 26.6 Å². The minimum absolute atomic E-state index is 0.0951. The van der Waals surface area contributed by atoms with E-state index in [1.807, 2.05) is 0 Å². The van der Waals surface area contributed by atoms with Crippen molar-refractivity contribution < 1.29 is 9.18 Å². The molecule has 3 aliphatic rings. The first-order valence-corrected chi connectivity index (χ1v) is 14.1. The van der Waals surface area contributed by atoms with E-state index in [-0.39, 0.29) is 23.8 Å². The number of nitrogen functional groups attached to an aromatic ring is 1. The second kappa shape index (κ2) is 11.9. The van der Waals surface area contributed by atoms with Crippen LogP contribution in [-0.2, 0) is 0 Å². The molecule has 202 valence electrons. The molecular weight excluding hydrogens is 495 g/mol. The summed E-state index contributed by atoms with van der Waals surface area (Å²) in [5, 5.41) is 14.4. The Morgan fingerprint density at radius 2 is 1.76 bits per heavy atom. The topological polar surface area (TPSA) is 113 Å². The molecule has 4 heterocycles. The molecule has 2 aromatic heterocycles. The Morgan fingerprint density at radius 1 is 1.08 bits per heavy atom. The highest BCUT2D eigenvalue weighted by Gasteiger charge is 2.39. The van der Waals surface area contributed by atoms with Crippen molar-refractivity contribution in [1.82, 2.24) is 20.1 Å². The number of carbonyl (C=O) groups excluding carboxylic acids is 1. The Bertz CT molecular complexity index is 1080. The third kappa shape index (κ3) is 5.65. The predicted molar refractivity (Wildman–Crippen MR) is 146 cm³/mol. The monoisotopic (exact) mass is 532 g/mol. The van der Waals surface area contributed by atoms with E-state index in [9.17, 15) is 4.79 Å². The standard InChI is InChI=1S/C26H38ClFN8O/c27-18-14-31-16-20(23(18)35-12-10-30-11-13-35)33-26(37)21-24(29)34-36-22(19(28)15-32-25(21)36)17-8-6-4-2-1-3-5-7-9-17/h14,16-17,19,22,30,32H,1-13,15H2,(H2,29,34)(H,33,37). The van der Waals surface area contributed by atoms with E-state index >= 15 is 4.39 Å². The van der Waals surface area contributed by atoms with E-state index in [1.165, 1.54) is 32.1 Å². The summed E-state index contributed by atoms with van der Waals surface area (Å²) in [6.07, 6.45) is 12.4. The SMILES string of the molecule is Nc1nn2c(c1C(=O)Nc1cncc(Cl)c1N1CCNCC1)NCC(F)C2C1CCCCCCCCC1. The highest BCUT2D eigenvalue weighted by Crippen LogP contribution is 2.41. The molecule has 5 rings (SSSR count). The van der Waals surface area contributed by atoms with Gasteiger partial charge in [-0.05, 0) is 18.8 Å². The number of amides is 1. The first kappa shape index (κ1) is 26.0. The summed E-state index contributed by atoms with van der Waals surface area (Å²) in [6.45, 7) is 3.32. The number of nitrogens with two attached hydrogens (primary N) is 1. The smallest absolute Gasteiger partial charge is 0.263 e. The third-order valence-electron chi connectivity index (χ3n) is 7.97. The van der Waals surface area contributed by atoms with Crippen molar-refractivity contribution in [2.75, 3.05) is 54.0 Å². The second-order valence-electron chi connectivity index (χ2n) is 10.5. The average Bonchev–Trinajstić information content (AvgIpc) is 3.23. The van der Waals surface area contributed by atoms with Crippen molar-refractivity contribution in [1.29, 1.82) is 0 Å². The van der Waals surface area contributed by atoms with Gasteiger partial charge in [-0.1, -0.05) is 56.5 Å². The second-order valence-corrected chi connectivity index (χ2v) is 10.9.